The van der Waals surface area contributed by atoms with Crippen LogP contribution in [-0.4, -0.2) is 32.3 Å². The van der Waals surface area contributed by atoms with E-state index in [0.29, 0.717) is 18.7 Å². The molecule has 1 unspecified atom stereocenters. The summed E-state index contributed by atoms with van der Waals surface area (Å²) in [5, 5.41) is 3.21. The molecule has 0 aliphatic rings. The molecule has 0 aromatic rings. The number of hydrogen-bond donors (Lipinski definition) is 2. The van der Waals surface area contributed by atoms with Crippen molar-refractivity contribution in [2.75, 3.05) is 20.3 Å². The second kappa shape index (κ2) is 24.4. The van der Waals surface area contributed by atoms with Gasteiger partial charge in [0.15, 0.2) is 0 Å². The number of methoxy groups -OCH3 is 1. The molecule has 0 fully saturated rings. The SMILES string of the molecule is CCCCCCCCC(CCCCCC)OC(=O)CCCCCCCN/C=C(\N)COC. The molecule has 0 amide bonds. The van der Waals surface area contributed by atoms with Gasteiger partial charge in [-0.25, -0.2) is 0 Å². The van der Waals surface area contributed by atoms with Gasteiger partial charge < -0.3 is 20.5 Å². The number of hydrogen-bond acceptors (Lipinski definition) is 5. The van der Waals surface area contributed by atoms with Crippen LogP contribution in [0.1, 0.15) is 129 Å². The maximum atomic E-state index is 12.3. The molecule has 0 bridgehead atoms. The van der Waals surface area contributed by atoms with Crippen molar-refractivity contribution >= 4 is 5.97 Å². The lowest BCUT2D eigenvalue weighted by Crippen LogP contribution is -2.18. The van der Waals surface area contributed by atoms with E-state index in [-0.39, 0.29) is 12.1 Å². The Morgan fingerprint density at radius 3 is 1.97 bits per heavy atom. The van der Waals surface area contributed by atoms with Gasteiger partial charge in [-0.2, -0.15) is 0 Å². The quantitative estimate of drug-likeness (QED) is 0.121. The lowest BCUT2D eigenvalue weighted by Gasteiger charge is -2.18. The minimum absolute atomic E-state index is 0.0110. The van der Waals surface area contributed by atoms with Gasteiger partial charge in [-0.3, -0.25) is 4.79 Å². The van der Waals surface area contributed by atoms with Crippen molar-refractivity contribution in [1.82, 2.24) is 5.32 Å². The molecule has 0 saturated carbocycles. The van der Waals surface area contributed by atoms with Crippen LogP contribution in [0, 0.1) is 0 Å². The molecule has 1 atom stereocenters. The molecule has 3 N–H and O–H groups in total. The Balaban J connectivity index is 3.89. The molecule has 0 aliphatic heterocycles. The molecule has 0 aromatic heterocycles. The van der Waals surface area contributed by atoms with Crippen molar-refractivity contribution < 1.29 is 14.3 Å². The molecule has 0 radical (unpaired) electrons. The third-order valence-corrected chi connectivity index (χ3v) is 5.86. The Hall–Kier alpha value is -1.23. The van der Waals surface area contributed by atoms with E-state index in [9.17, 15) is 4.79 Å². The second-order valence-corrected chi connectivity index (χ2v) is 9.14. The number of carbonyl (C=O) groups is 1. The van der Waals surface area contributed by atoms with E-state index < -0.39 is 0 Å². The molecule has 0 spiro atoms. The Kier molecular flexibility index (Phi) is 23.5. The zero-order chi connectivity index (χ0) is 23.7. The molecule has 0 heterocycles. The van der Waals surface area contributed by atoms with Crippen LogP contribution in [-0.2, 0) is 14.3 Å². The minimum Gasteiger partial charge on any atom is -0.462 e. The van der Waals surface area contributed by atoms with Gasteiger partial charge in [-0.15, -0.1) is 0 Å². The number of unbranched alkanes of at least 4 members (excludes halogenated alkanes) is 12. The van der Waals surface area contributed by atoms with Gasteiger partial charge in [0.2, 0.25) is 0 Å². The molecule has 5 nitrogen and oxygen atoms in total. The summed E-state index contributed by atoms with van der Waals surface area (Å²) in [7, 11) is 1.64. The highest BCUT2D eigenvalue weighted by Crippen LogP contribution is 2.17. The van der Waals surface area contributed by atoms with Crippen molar-refractivity contribution in [3.05, 3.63) is 11.9 Å². The van der Waals surface area contributed by atoms with Gasteiger partial charge in [0.05, 0.1) is 12.3 Å². The zero-order valence-corrected chi connectivity index (χ0v) is 21.6. The van der Waals surface area contributed by atoms with Crippen molar-refractivity contribution in [1.29, 1.82) is 0 Å². The Morgan fingerprint density at radius 1 is 0.812 bits per heavy atom. The van der Waals surface area contributed by atoms with Crippen molar-refractivity contribution in [2.24, 2.45) is 5.73 Å². The van der Waals surface area contributed by atoms with Gasteiger partial charge in [0.25, 0.3) is 0 Å². The maximum Gasteiger partial charge on any atom is 0.306 e. The summed E-state index contributed by atoms with van der Waals surface area (Å²) in [6.07, 6.45) is 22.8. The summed E-state index contributed by atoms with van der Waals surface area (Å²) in [6, 6.07) is 0. The predicted octanol–water partition coefficient (Wildman–Crippen LogP) is 7.00. The third-order valence-electron chi connectivity index (χ3n) is 5.86. The lowest BCUT2D eigenvalue weighted by molar-refractivity contribution is -0.150. The second-order valence-electron chi connectivity index (χ2n) is 9.14. The largest absolute Gasteiger partial charge is 0.462 e. The minimum atomic E-state index is 0.0110. The molecule has 0 rings (SSSR count). The third kappa shape index (κ3) is 22.0. The van der Waals surface area contributed by atoms with Crippen LogP contribution in [0.5, 0.6) is 0 Å². The fraction of sp³-hybridized carbons (Fsp3) is 0.889. The lowest BCUT2D eigenvalue weighted by atomic mass is 10.0. The fourth-order valence-electron chi connectivity index (χ4n) is 3.90. The van der Waals surface area contributed by atoms with Gasteiger partial charge >= 0.3 is 5.97 Å². The first-order chi connectivity index (χ1) is 15.6. The molecule has 0 aromatic carbocycles. The van der Waals surface area contributed by atoms with E-state index in [2.05, 4.69) is 19.2 Å². The van der Waals surface area contributed by atoms with E-state index in [1.807, 2.05) is 6.20 Å². The summed E-state index contributed by atoms with van der Waals surface area (Å²) < 4.78 is 10.8. The average Bonchev–Trinajstić information content (AvgIpc) is 2.77. The van der Waals surface area contributed by atoms with Crippen LogP contribution in [0.4, 0.5) is 0 Å². The normalized spacial score (nSPS) is 12.7. The van der Waals surface area contributed by atoms with Crippen LogP contribution in [0.25, 0.3) is 0 Å². The van der Waals surface area contributed by atoms with Crippen LogP contribution in [0.2, 0.25) is 0 Å². The Labute approximate surface area is 199 Å². The van der Waals surface area contributed by atoms with E-state index in [1.54, 1.807) is 7.11 Å². The van der Waals surface area contributed by atoms with Crippen molar-refractivity contribution in [3.63, 3.8) is 0 Å². The van der Waals surface area contributed by atoms with E-state index >= 15 is 0 Å². The van der Waals surface area contributed by atoms with E-state index in [1.165, 1.54) is 64.2 Å². The molecular weight excluding hydrogens is 400 g/mol. The van der Waals surface area contributed by atoms with Crippen LogP contribution < -0.4 is 11.1 Å². The topological polar surface area (TPSA) is 73.6 Å². The summed E-state index contributed by atoms with van der Waals surface area (Å²) in [5.74, 6) is 0.0110. The number of nitrogens with two attached hydrogens (primary N) is 1. The Morgan fingerprint density at radius 2 is 1.34 bits per heavy atom. The summed E-state index contributed by atoms with van der Waals surface area (Å²) in [4.78, 5) is 12.3. The van der Waals surface area contributed by atoms with Crippen LogP contribution in [0.3, 0.4) is 0 Å². The van der Waals surface area contributed by atoms with Gasteiger partial charge in [0.1, 0.15) is 6.10 Å². The smallest absolute Gasteiger partial charge is 0.306 e. The number of nitrogens with one attached hydrogen (secondary N) is 1. The average molecular weight is 455 g/mol. The molecule has 5 heteroatoms. The first-order valence-electron chi connectivity index (χ1n) is 13.5. The standard InChI is InChI=1S/C27H54N2O3/c1-4-6-8-10-12-16-20-26(19-15-9-7-5-2)32-27(30)21-17-13-11-14-18-22-29-23-25(28)24-31-3/h23,26,29H,4-22,24,28H2,1-3H3/b25-23-. The monoisotopic (exact) mass is 454 g/mol. The fourth-order valence-corrected chi connectivity index (χ4v) is 3.90. The number of ether oxygens (including phenoxy) is 2. The molecule has 0 aliphatic carbocycles. The van der Waals surface area contributed by atoms with Crippen LogP contribution in [0.15, 0.2) is 11.9 Å². The predicted molar refractivity (Wildman–Crippen MR) is 136 cm³/mol. The van der Waals surface area contributed by atoms with Crippen molar-refractivity contribution in [3.8, 4) is 0 Å². The van der Waals surface area contributed by atoms with Gasteiger partial charge in [-0.1, -0.05) is 84.5 Å². The van der Waals surface area contributed by atoms with E-state index in [4.69, 9.17) is 15.2 Å². The summed E-state index contributed by atoms with van der Waals surface area (Å²) in [5.41, 5.74) is 6.46. The molecule has 190 valence electrons. The highest BCUT2D eigenvalue weighted by atomic mass is 16.5. The van der Waals surface area contributed by atoms with Crippen LogP contribution >= 0.6 is 0 Å². The molecule has 0 saturated heterocycles. The van der Waals surface area contributed by atoms with Crippen molar-refractivity contribution in [2.45, 2.75) is 136 Å². The zero-order valence-electron chi connectivity index (χ0n) is 21.6. The first-order valence-corrected chi connectivity index (χ1v) is 13.5. The van der Waals surface area contributed by atoms with E-state index in [0.717, 1.165) is 51.5 Å². The summed E-state index contributed by atoms with van der Waals surface area (Å²) >= 11 is 0. The molecule has 32 heavy (non-hydrogen) atoms. The summed E-state index contributed by atoms with van der Waals surface area (Å²) in [6.45, 7) is 5.87. The number of esters is 1. The number of rotatable bonds is 24. The number of carbonyl (C=O) groups excluding carboxylic acids is 1. The molecular formula is C27H54N2O3. The Bertz CT molecular complexity index is 441. The maximum absolute atomic E-state index is 12.3. The highest BCUT2D eigenvalue weighted by molar-refractivity contribution is 5.69. The highest BCUT2D eigenvalue weighted by Gasteiger charge is 2.14. The van der Waals surface area contributed by atoms with Gasteiger partial charge in [0, 0.05) is 26.3 Å². The van der Waals surface area contributed by atoms with Gasteiger partial charge in [-0.05, 0) is 38.5 Å². The first kappa shape index (κ1) is 30.8.